The average molecular weight is 230 g/mol. The maximum atomic E-state index is 12.5. The molecule has 0 aliphatic carbocycles. The van der Waals surface area contributed by atoms with Crippen LogP contribution in [0.15, 0.2) is 30.3 Å². The van der Waals surface area contributed by atoms with Crippen molar-refractivity contribution in [1.29, 1.82) is 0 Å². The molecule has 0 radical (unpaired) electrons. The Morgan fingerprint density at radius 1 is 1.31 bits per heavy atom. The lowest BCUT2D eigenvalue weighted by Gasteiger charge is -2.09. The highest BCUT2D eigenvalue weighted by Crippen LogP contribution is 2.32. The van der Waals surface area contributed by atoms with Crippen LogP contribution in [-0.4, -0.2) is 13.1 Å². The zero-order valence-corrected chi connectivity index (χ0v) is 8.41. The minimum Gasteiger partial charge on any atom is -0.466 e. The molecule has 0 unspecified atom stereocenters. The van der Waals surface area contributed by atoms with Gasteiger partial charge in [0.05, 0.1) is 12.7 Å². The SMILES string of the molecule is COC(=O)/C=C/c1ccccc1C(F)(F)F. The fourth-order valence-electron chi connectivity index (χ4n) is 1.13. The number of benzene rings is 1. The number of methoxy groups -OCH3 is 1. The summed E-state index contributed by atoms with van der Waals surface area (Å²) in [4.78, 5) is 10.8. The van der Waals surface area contributed by atoms with E-state index in [1.54, 1.807) is 0 Å². The predicted octanol–water partition coefficient (Wildman–Crippen LogP) is 2.89. The Bertz CT molecular complexity index is 408. The molecule has 2 nitrogen and oxygen atoms in total. The summed E-state index contributed by atoms with van der Waals surface area (Å²) in [7, 11) is 1.16. The monoisotopic (exact) mass is 230 g/mol. The van der Waals surface area contributed by atoms with Gasteiger partial charge in [0.2, 0.25) is 0 Å². The Labute approximate surface area is 90.3 Å². The standard InChI is InChI=1S/C11H9F3O2/c1-16-10(15)7-6-8-4-2-3-5-9(8)11(12,13)14/h2-7H,1H3/b7-6+. The molecule has 0 saturated carbocycles. The summed E-state index contributed by atoms with van der Waals surface area (Å²) in [5.74, 6) is -0.697. The third kappa shape index (κ3) is 3.12. The van der Waals surface area contributed by atoms with E-state index >= 15 is 0 Å². The topological polar surface area (TPSA) is 26.3 Å². The summed E-state index contributed by atoms with van der Waals surface area (Å²) in [6.07, 6.45) is -2.41. The fourth-order valence-corrected chi connectivity index (χ4v) is 1.13. The molecule has 0 fully saturated rings. The molecule has 1 rings (SSSR count). The van der Waals surface area contributed by atoms with Crippen molar-refractivity contribution >= 4 is 12.0 Å². The van der Waals surface area contributed by atoms with Crippen molar-refractivity contribution in [2.75, 3.05) is 7.11 Å². The van der Waals surface area contributed by atoms with Gasteiger partial charge in [-0.25, -0.2) is 4.79 Å². The number of hydrogen-bond acceptors (Lipinski definition) is 2. The molecule has 86 valence electrons. The quantitative estimate of drug-likeness (QED) is 0.576. The van der Waals surface area contributed by atoms with Crippen molar-refractivity contribution in [3.63, 3.8) is 0 Å². The first kappa shape index (κ1) is 12.3. The number of esters is 1. The summed E-state index contributed by atoms with van der Waals surface area (Å²) < 4.78 is 41.8. The molecular formula is C11H9F3O2. The molecule has 0 aliphatic rings. The summed E-state index contributed by atoms with van der Waals surface area (Å²) in [6, 6.07) is 4.99. The number of carbonyl (C=O) groups is 1. The van der Waals surface area contributed by atoms with Crippen LogP contribution in [0.3, 0.4) is 0 Å². The molecule has 16 heavy (non-hydrogen) atoms. The zero-order valence-electron chi connectivity index (χ0n) is 8.41. The van der Waals surface area contributed by atoms with Gasteiger partial charge >= 0.3 is 12.1 Å². The second kappa shape index (κ2) is 4.83. The van der Waals surface area contributed by atoms with Crippen LogP contribution in [0, 0.1) is 0 Å². The highest BCUT2D eigenvalue weighted by atomic mass is 19.4. The Balaban J connectivity index is 3.05. The van der Waals surface area contributed by atoms with Gasteiger partial charge < -0.3 is 4.74 Å². The van der Waals surface area contributed by atoms with Gasteiger partial charge in [0, 0.05) is 6.08 Å². The van der Waals surface area contributed by atoms with Crippen molar-refractivity contribution in [3.8, 4) is 0 Å². The Hall–Kier alpha value is -1.78. The molecule has 0 saturated heterocycles. The summed E-state index contributed by atoms with van der Waals surface area (Å²) in [5, 5.41) is 0. The molecule has 1 aromatic rings. The minimum atomic E-state index is -4.43. The molecule has 1 aromatic carbocycles. The second-order valence-corrected chi connectivity index (χ2v) is 2.94. The van der Waals surface area contributed by atoms with E-state index in [-0.39, 0.29) is 5.56 Å². The number of ether oxygens (including phenoxy) is 1. The molecule has 0 aromatic heterocycles. The van der Waals surface area contributed by atoms with Crippen LogP contribution in [0.5, 0.6) is 0 Å². The van der Waals surface area contributed by atoms with Gasteiger partial charge in [0.1, 0.15) is 0 Å². The van der Waals surface area contributed by atoms with E-state index in [2.05, 4.69) is 4.74 Å². The second-order valence-electron chi connectivity index (χ2n) is 2.94. The maximum absolute atomic E-state index is 12.5. The summed E-state index contributed by atoms with van der Waals surface area (Å²) >= 11 is 0. The van der Waals surface area contributed by atoms with Crippen molar-refractivity contribution < 1.29 is 22.7 Å². The van der Waals surface area contributed by atoms with Crippen LogP contribution in [0.2, 0.25) is 0 Å². The average Bonchev–Trinajstić information content (AvgIpc) is 2.25. The lowest BCUT2D eigenvalue weighted by molar-refractivity contribution is -0.138. The zero-order chi connectivity index (χ0) is 12.2. The van der Waals surface area contributed by atoms with Gasteiger partial charge in [-0.15, -0.1) is 0 Å². The van der Waals surface area contributed by atoms with Crippen molar-refractivity contribution in [3.05, 3.63) is 41.5 Å². The van der Waals surface area contributed by atoms with Gasteiger partial charge in [-0.3, -0.25) is 0 Å². The Morgan fingerprint density at radius 2 is 1.94 bits per heavy atom. The summed E-state index contributed by atoms with van der Waals surface area (Å²) in [6.45, 7) is 0. The smallest absolute Gasteiger partial charge is 0.416 e. The van der Waals surface area contributed by atoms with Crippen LogP contribution in [0.25, 0.3) is 6.08 Å². The molecule has 0 aliphatic heterocycles. The highest BCUT2D eigenvalue weighted by Gasteiger charge is 2.32. The van der Waals surface area contributed by atoms with Crippen LogP contribution >= 0.6 is 0 Å². The number of halogens is 3. The normalized spacial score (nSPS) is 11.8. The summed E-state index contributed by atoms with van der Waals surface area (Å²) in [5.41, 5.74) is -0.851. The first-order valence-corrected chi connectivity index (χ1v) is 4.37. The van der Waals surface area contributed by atoms with E-state index in [9.17, 15) is 18.0 Å². The third-order valence-electron chi connectivity index (χ3n) is 1.87. The van der Waals surface area contributed by atoms with Crippen LogP contribution in [0.1, 0.15) is 11.1 Å². The first-order valence-electron chi connectivity index (χ1n) is 4.37. The maximum Gasteiger partial charge on any atom is 0.416 e. The Kier molecular flexibility index (Phi) is 3.71. The van der Waals surface area contributed by atoms with Gasteiger partial charge in [-0.1, -0.05) is 18.2 Å². The van der Waals surface area contributed by atoms with Crippen LogP contribution < -0.4 is 0 Å². The van der Waals surface area contributed by atoms with Gasteiger partial charge in [-0.05, 0) is 17.7 Å². The number of alkyl halides is 3. The predicted molar refractivity (Wildman–Crippen MR) is 52.5 cm³/mol. The van der Waals surface area contributed by atoms with Crippen LogP contribution in [-0.2, 0) is 15.7 Å². The number of carbonyl (C=O) groups excluding carboxylic acids is 1. The number of rotatable bonds is 2. The van der Waals surface area contributed by atoms with Crippen molar-refractivity contribution in [2.45, 2.75) is 6.18 Å². The van der Waals surface area contributed by atoms with Gasteiger partial charge in [-0.2, -0.15) is 13.2 Å². The molecule has 0 heterocycles. The highest BCUT2D eigenvalue weighted by molar-refractivity contribution is 5.87. The van der Waals surface area contributed by atoms with E-state index < -0.39 is 17.7 Å². The fraction of sp³-hybridized carbons (Fsp3) is 0.182. The van der Waals surface area contributed by atoms with Crippen molar-refractivity contribution in [1.82, 2.24) is 0 Å². The third-order valence-corrected chi connectivity index (χ3v) is 1.87. The molecule has 0 amide bonds. The van der Waals surface area contributed by atoms with Crippen LogP contribution in [0.4, 0.5) is 13.2 Å². The lowest BCUT2D eigenvalue weighted by Crippen LogP contribution is -2.07. The molecule has 0 atom stereocenters. The van der Waals surface area contributed by atoms with E-state index in [1.165, 1.54) is 18.2 Å². The van der Waals surface area contributed by atoms with Gasteiger partial charge in [0.25, 0.3) is 0 Å². The number of hydrogen-bond donors (Lipinski definition) is 0. The minimum absolute atomic E-state index is 0.0691. The van der Waals surface area contributed by atoms with E-state index in [0.29, 0.717) is 0 Å². The molecule has 0 N–H and O–H groups in total. The molecule has 0 bridgehead atoms. The first-order chi connectivity index (χ1) is 7.45. The van der Waals surface area contributed by atoms with E-state index in [4.69, 9.17) is 0 Å². The van der Waals surface area contributed by atoms with E-state index in [0.717, 1.165) is 25.3 Å². The molecule has 5 heteroatoms. The molecular weight excluding hydrogens is 221 g/mol. The Morgan fingerprint density at radius 3 is 2.50 bits per heavy atom. The largest absolute Gasteiger partial charge is 0.466 e. The van der Waals surface area contributed by atoms with E-state index in [1.807, 2.05) is 0 Å². The lowest BCUT2D eigenvalue weighted by atomic mass is 10.1. The van der Waals surface area contributed by atoms with Gasteiger partial charge in [0.15, 0.2) is 0 Å². The van der Waals surface area contributed by atoms with Crippen molar-refractivity contribution in [2.24, 2.45) is 0 Å². The molecule has 0 spiro atoms.